The number of nitrogens with one attached hydrogen (secondary N) is 1. The number of dihydropyridines is 1. The lowest BCUT2D eigenvalue weighted by molar-refractivity contribution is 1.000. The highest BCUT2D eigenvalue weighted by atomic mass is 14.8. The fraction of sp³-hybridized carbons (Fsp3) is 0.500. The molecule has 0 bridgehead atoms. The Kier molecular flexibility index (Phi) is 4.98. The highest BCUT2D eigenvalue weighted by Gasteiger charge is 1.84. The van der Waals surface area contributed by atoms with Gasteiger partial charge in [-0.1, -0.05) is 26.0 Å². The maximum absolute atomic E-state index is 3.06. The van der Waals surface area contributed by atoms with Crippen LogP contribution in [0.2, 0.25) is 0 Å². The van der Waals surface area contributed by atoms with Gasteiger partial charge in [0.1, 0.15) is 0 Å². The topological polar surface area (TPSA) is 12.0 Å². The molecule has 0 aromatic heterocycles. The first kappa shape index (κ1) is 8.28. The summed E-state index contributed by atoms with van der Waals surface area (Å²) in [5.41, 5.74) is 1.25. The average Bonchev–Trinajstić information content (AvgIpc) is 1.94. The van der Waals surface area contributed by atoms with Crippen molar-refractivity contribution in [2.24, 2.45) is 0 Å². The van der Waals surface area contributed by atoms with Crippen LogP contribution >= 0.6 is 0 Å². The summed E-state index contributed by atoms with van der Waals surface area (Å²) in [5, 5.41) is 3.06. The van der Waals surface area contributed by atoms with Crippen molar-refractivity contribution in [3.63, 3.8) is 0 Å². The summed E-state index contributed by atoms with van der Waals surface area (Å²) < 4.78 is 0. The highest BCUT2D eigenvalue weighted by molar-refractivity contribution is 5.08. The maximum atomic E-state index is 3.06. The van der Waals surface area contributed by atoms with E-state index in [9.17, 15) is 0 Å². The first-order chi connectivity index (χ1) is 4.39. The molecule has 0 spiro atoms. The highest BCUT2D eigenvalue weighted by Crippen LogP contribution is 1.96. The van der Waals surface area contributed by atoms with E-state index in [-0.39, 0.29) is 1.43 Å². The van der Waals surface area contributed by atoms with Crippen molar-refractivity contribution in [3.8, 4) is 0 Å². The van der Waals surface area contributed by atoms with Crippen LogP contribution in [0.15, 0.2) is 24.0 Å². The van der Waals surface area contributed by atoms with E-state index in [1.807, 2.05) is 20.0 Å². The molecule has 0 aromatic rings. The lowest BCUT2D eigenvalue weighted by Gasteiger charge is -2.02. The molecule has 0 amide bonds. The molecule has 1 N–H and O–H groups in total. The molecule has 1 rings (SSSR count). The molecule has 1 heterocycles. The van der Waals surface area contributed by atoms with E-state index in [0.717, 1.165) is 6.42 Å². The Morgan fingerprint density at radius 1 is 1.56 bits per heavy atom. The minimum Gasteiger partial charge on any atom is -0.366 e. The molecule has 1 heteroatoms. The Morgan fingerprint density at radius 3 is 2.44 bits per heavy atom. The molecule has 0 unspecified atom stereocenters. The normalized spacial score (nSPS) is 14.8. The zero-order chi connectivity index (χ0) is 7.11. The Hall–Kier alpha value is -0.720. The third-order valence-corrected chi connectivity index (χ3v) is 0.989. The van der Waals surface area contributed by atoms with Crippen LogP contribution in [0.1, 0.15) is 28.6 Å². The molecule has 0 saturated heterocycles. The Bertz CT molecular complexity index is 116. The van der Waals surface area contributed by atoms with Crippen LogP contribution in [0.5, 0.6) is 0 Å². The third-order valence-electron chi connectivity index (χ3n) is 0.989. The van der Waals surface area contributed by atoms with Gasteiger partial charge in [0, 0.05) is 7.12 Å². The van der Waals surface area contributed by atoms with E-state index in [1.165, 1.54) is 5.70 Å². The van der Waals surface area contributed by atoms with Crippen molar-refractivity contribution in [2.75, 3.05) is 0 Å². The largest absolute Gasteiger partial charge is 0.366 e. The lowest BCUT2D eigenvalue weighted by atomic mass is 10.3. The van der Waals surface area contributed by atoms with Gasteiger partial charge in [-0.2, -0.15) is 0 Å². The van der Waals surface area contributed by atoms with Gasteiger partial charge in [-0.25, -0.2) is 0 Å². The molecule has 0 aliphatic carbocycles. The first-order valence-corrected chi connectivity index (χ1v) is 3.48. The molecule has 1 aliphatic heterocycles. The van der Waals surface area contributed by atoms with Gasteiger partial charge >= 0.3 is 0 Å². The van der Waals surface area contributed by atoms with Gasteiger partial charge in [-0.3, -0.25) is 0 Å². The van der Waals surface area contributed by atoms with Crippen molar-refractivity contribution >= 4 is 0 Å². The fourth-order valence-electron chi connectivity index (χ4n) is 0.562. The summed E-state index contributed by atoms with van der Waals surface area (Å²) in [6.07, 6.45) is 7.29. The van der Waals surface area contributed by atoms with Gasteiger partial charge < -0.3 is 5.32 Å². The summed E-state index contributed by atoms with van der Waals surface area (Å²) in [4.78, 5) is 0. The first-order valence-electron chi connectivity index (χ1n) is 3.48. The van der Waals surface area contributed by atoms with E-state index < -0.39 is 0 Å². The average molecular weight is 127 g/mol. The van der Waals surface area contributed by atoms with Crippen molar-refractivity contribution in [3.05, 3.63) is 24.0 Å². The standard InChI is InChI=1S/C6H9N.C2H6.H2/c1-6-4-2-3-5-7-6;1-2;/h3-5,7H,2H2,1H3;1-2H3;1H. The minimum atomic E-state index is 0. The SMILES string of the molecule is CC.CC1=CCC=CN1.[HH]. The van der Waals surface area contributed by atoms with Gasteiger partial charge in [0.15, 0.2) is 0 Å². The van der Waals surface area contributed by atoms with Crippen molar-refractivity contribution in [1.29, 1.82) is 0 Å². The van der Waals surface area contributed by atoms with E-state index >= 15 is 0 Å². The van der Waals surface area contributed by atoms with Gasteiger partial charge in [0.05, 0.1) is 0 Å². The van der Waals surface area contributed by atoms with Gasteiger partial charge in [-0.15, -0.1) is 0 Å². The summed E-state index contributed by atoms with van der Waals surface area (Å²) in [6.45, 7) is 6.06. The number of hydrogen-bond donors (Lipinski definition) is 1. The third kappa shape index (κ3) is 3.83. The predicted octanol–water partition coefficient (Wildman–Crippen LogP) is 2.67. The van der Waals surface area contributed by atoms with E-state index in [4.69, 9.17) is 0 Å². The smallest absolute Gasteiger partial charge is 0.00773 e. The summed E-state index contributed by atoms with van der Waals surface area (Å²) in [5.74, 6) is 0. The van der Waals surface area contributed by atoms with Crippen LogP contribution in [-0.2, 0) is 0 Å². The van der Waals surface area contributed by atoms with E-state index in [2.05, 4.69) is 24.4 Å². The molecule has 0 saturated carbocycles. The van der Waals surface area contributed by atoms with Crippen molar-refractivity contribution < 1.29 is 1.43 Å². The molecule has 0 radical (unpaired) electrons. The quantitative estimate of drug-likeness (QED) is 0.527. The summed E-state index contributed by atoms with van der Waals surface area (Å²) >= 11 is 0. The summed E-state index contributed by atoms with van der Waals surface area (Å²) in [7, 11) is 0. The van der Waals surface area contributed by atoms with Gasteiger partial charge in [0.2, 0.25) is 0 Å². The molecular formula is C8H17N. The van der Waals surface area contributed by atoms with Crippen LogP contribution < -0.4 is 5.32 Å². The number of rotatable bonds is 0. The zero-order valence-electron chi connectivity index (χ0n) is 6.44. The van der Waals surface area contributed by atoms with E-state index in [1.54, 1.807) is 0 Å². The molecule has 1 nitrogen and oxygen atoms in total. The Labute approximate surface area is 58.9 Å². The van der Waals surface area contributed by atoms with Crippen LogP contribution in [0, 0.1) is 0 Å². The minimum absolute atomic E-state index is 0. The van der Waals surface area contributed by atoms with Crippen LogP contribution in [0.3, 0.4) is 0 Å². The van der Waals surface area contributed by atoms with Crippen molar-refractivity contribution in [2.45, 2.75) is 27.2 Å². The Morgan fingerprint density at radius 2 is 2.22 bits per heavy atom. The maximum Gasteiger partial charge on any atom is 0.00773 e. The number of allylic oxidation sites excluding steroid dienone is 3. The predicted molar refractivity (Wildman–Crippen MR) is 44.1 cm³/mol. The molecular weight excluding hydrogens is 110 g/mol. The number of hydrogen-bond acceptors (Lipinski definition) is 1. The monoisotopic (exact) mass is 127 g/mol. The second-order valence-electron chi connectivity index (χ2n) is 1.67. The molecule has 1 aliphatic rings. The molecule has 9 heavy (non-hydrogen) atoms. The van der Waals surface area contributed by atoms with Crippen LogP contribution in [0.4, 0.5) is 0 Å². The molecule has 0 aromatic carbocycles. The molecule has 0 fully saturated rings. The van der Waals surface area contributed by atoms with E-state index in [0.29, 0.717) is 0 Å². The summed E-state index contributed by atoms with van der Waals surface area (Å²) in [6, 6.07) is 0. The molecule has 0 atom stereocenters. The van der Waals surface area contributed by atoms with Gasteiger partial charge in [0.25, 0.3) is 0 Å². The van der Waals surface area contributed by atoms with Crippen molar-refractivity contribution in [1.82, 2.24) is 5.32 Å². The second-order valence-corrected chi connectivity index (χ2v) is 1.67. The lowest BCUT2D eigenvalue weighted by Crippen LogP contribution is -2.02. The van der Waals surface area contributed by atoms with Gasteiger partial charge in [-0.05, 0) is 19.5 Å². The van der Waals surface area contributed by atoms with Crippen LogP contribution in [0.25, 0.3) is 0 Å². The zero-order valence-corrected chi connectivity index (χ0v) is 6.44. The Balaban J connectivity index is 0. The second kappa shape index (κ2) is 5.42. The molecule has 54 valence electrons. The fourth-order valence-corrected chi connectivity index (χ4v) is 0.562. The van der Waals surface area contributed by atoms with Crippen LogP contribution in [-0.4, -0.2) is 0 Å².